The Labute approximate surface area is 162 Å². The maximum Gasteiger partial charge on any atom is 0.170 e. The molecule has 1 fully saturated rings. The lowest BCUT2D eigenvalue weighted by Crippen LogP contribution is -2.37. The van der Waals surface area contributed by atoms with Gasteiger partial charge in [0.05, 0.1) is 11.9 Å². The third-order valence-electron chi connectivity index (χ3n) is 4.87. The Balaban J connectivity index is 1.41. The van der Waals surface area contributed by atoms with Crippen molar-refractivity contribution in [2.75, 3.05) is 23.3 Å². The number of thiocarbonyl (C=S) groups is 1. The summed E-state index contributed by atoms with van der Waals surface area (Å²) in [6.07, 6.45) is 7.80. The fourth-order valence-electron chi connectivity index (χ4n) is 3.38. The van der Waals surface area contributed by atoms with Gasteiger partial charge in [0.25, 0.3) is 0 Å². The minimum absolute atomic E-state index is 0.572. The van der Waals surface area contributed by atoms with E-state index in [0.717, 1.165) is 37.4 Å². The summed E-state index contributed by atoms with van der Waals surface area (Å²) in [7, 11) is 0. The molecule has 0 bridgehead atoms. The Morgan fingerprint density at radius 2 is 2.04 bits per heavy atom. The van der Waals surface area contributed by atoms with Gasteiger partial charge in [-0.05, 0) is 68.9 Å². The molecule has 2 aromatic rings. The molecule has 4 nitrogen and oxygen atoms in total. The van der Waals surface area contributed by atoms with Crippen LogP contribution in [0, 0.1) is 0 Å². The molecule has 0 aliphatic carbocycles. The molecule has 138 valence electrons. The lowest BCUT2D eigenvalue weighted by Gasteiger charge is -2.34. The van der Waals surface area contributed by atoms with Crippen molar-refractivity contribution < 1.29 is 0 Å². The Morgan fingerprint density at radius 1 is 1.19 bits per heavy atom. The standard InChI is InChI=1S/C21H28N4S/c1-17-8-5-6-15-25(17)20-13-12-19(16-23-20)24-21(26)22-14-7-11-18-9-3-2-4-10-18/h2-4,9-10,12-13,16-17H,5-8,11,14-15H2,1H3,(H2,22,24,26)/t17-/m1/s1. The number of aromatic nitrogens is 1. The first-order valence-corrected chi connectivity index (χ1v) is 9.94. The van der Waals surface area contributed by atoms with Crippen LogP contribution in [0.2, 0.25) is 0 Å². The number of hydrogen-bond donors (Lipinski definition) is 2. The van der Waals surface area contributed by atoms with Crippen LogP contribution in [0.3, 0.4) is 0 Å². The molecule has 0 radical (unpaired) electrons. The van der Waals surface area contributed by atoms with Crippen LogP contribution >= 0.6 is 12.2 Å². The van der Waals surface area contributed by atoms with Crippen molar-refractivity contribution in [2.45, 2.75) is 45.1 Å². The van der Waals surface area contributed by atoms with E-state index in [1.165, 1.54) is 24.8 Å². The average Bonchev–Trinajstić information content (AvgIpc) is 2.67. The van der Waals surface area contributed by atoms with Gasteiger partial charge < -0.3 is 15.5 Å². The summed E-state index contributed by atoms with van der Waals surface area (Å²) >= 11 is 5.38. The quantitative estimate of drug-likeness (QED) is 0.585. The van der Waals surface area contributed by atoms with Crippen molar-refractivity contribution in [2.24, 2.45) is 0 Å². The van der Waals surface area contributed by atoms with Gasteiger partial charge in [-0.25, -0.2) is 4.98 Å². The first-order valence-electron chi connectivity index (χ1n) is 9.54. The summed E-state index contributed by atoms with van der Waals surface area (Å²) in [5.41, 5.74) is 2.29. The van der Waals surface area contributed by atoms with Crippen LogP contribution in [0.5, 0.6) is 0 Å². The van der Waals surface area contributed by atoms with Crippen molar-refractivity contribution in [3.8, 4) is 0 Å². The molecule has 26 heavy (non-hydrogen) atoms. The first-order chi connectivity index (χ1) is 12.7. The number of nitrogens with zero attached hydrogens (tertiary/aromatic N) is 2. The largest absolute Gasteiger partial charge is 0.362 e. The molecule has 2 N–H and O–H groups in total. The minimum atomic E-state index is 0.572. The topological polar surface area (TPSA) is 40.2 Å². The first kappa shape index (κ1) is 18.6. The highest BCUT2D eigenvalue weighted by molar-refractivity contribution is 7.80. The van der Waals surface area contributed by atoms with E-state index in [2.05, 4.69) is 63.8 Å². The van der Waals surface area contributed by atoms with E-state index >= 15 is 0 Å². The van der Waals surface area contributed by atoms with Crippen LogP contribution in [0.4, 0.5) is 11.5 Å². The van der Waals surface area contributed by atoms with Gasteiger partial charge in [0.2, 0.25) is 0 Å². The molecule has 5 heteroatoms. The molecule has 0 unspecified atom stereocenters. The number of nitrogens with one attached hydrogen (secondary N) is 2. The average molecular weight is 369 g/mol. The van der Waals surface area contributed by atoms with Gasteiger partial charge in [0.15, 0.2) is 5.11 Å². The van der Waals surface area contributed by atoms with Gasteiger partial charge in [0, 0.05) is 19.1 Å². The zero-order valence-corrected chi connectivity index (χ0v) is 16.3. The number of rotatable bonds is 6. The number of piperidine rings is 1. The summed E-state index contributed by atoms with van der Waals surface area (Å²) in [6, 6.07) is 15.2. The van der Waals surface area contributed by atoms with Crippen molar-refractivity contribution >= 4 is 28.8 Å². The van der Waals surface area contributed by atoms with Gasteiger partial charge in [-0.1, -0.05) is 30.3 Å². The molecule has 1 aliphatic rings. The predicted octanol–water partition coefficient (Wildman–Crippen LogP) is 4.38. The SMILES string of the molecule is C[C@@H]1CCCCN1c1ccc(NC(=S)NCCCc2ccccc2)cn1. The summed E-state index contributed by atoms with van der Waals surface area (Å²) < 4.78 is 0. The molecule has 0 saturated carbocycles. The minimum Gasteiger partial charge on any atom is -0.362 e. The van der Waals surface area contributed by atoms with E-state index in [1.807, 2.05) is 12.3 Å². The second kappa shape index (κ2) is 9.53. The molecule has 1 atom stereocenters. The highest BCUT2D eigenvalue weighted by Gasteiger charge is 2.19. The van der Waals surface area contributed by atoms with Gasteiger partial charge in [-0.2, -0.15) is 0 Å². The highest BCUT2D eigenvalue weighted by atomic mass is 32.1. The maximum atomic E-state index is 5.38. The lowest BCUT2D eigenvalue weighted by atomic mass is 10.0. The van der Waals surface area contributed by atoms with Crippen LogP contribution in [0.1, 0.15) is 38.2 Å². The molecular weight excluding hydrogens is 340 g/mol. The normalized spacial score (nSPS) is 17.0. The highest BCUT2D eigenvalue weighted by Crippen LogP contribution is 2.23. The van der Waals surface area contributed by atoms with Crippen LogP contribution in [-0.4, -0.2) is 29.2 Å². The van der Waals surface area contributed by atoms with Crippen molar-refractivity contribution in [3.05, 3.63) is 54.2 Å². The predicted molar refractivity (Wildman–Crippen MR) is 114 cm³/mol. The molecular formula is C21H28N4S. The molecule has 2 heterocycles. The van der Waals surface area contributed by atoms with Crippen molar-refractivity contribution in [1.29, 1.82) is 0 Å². The molecule has 1 aromatic carbocycles. The van der Waals surface area contributed by atoms with Crippen LogP contribution in [-0.2, 0) is 6.42 Å². The zero-order chi connectivity index (χ0) is 18.2. The van der Waals surface area contributed by atoms with E-state index in [4.69, 9.17) is 12.2 Å². The summed E-state index contributed by atoms with van der Waals surface area (Å²) in [4.78, 5) is 7.01. The van der Waals surface area contributed by atoms with E-state index in [9.17, 15) is 0 Å². The Bertz CT molecular complexity index is 687. The zero-order valence-electron chi connectivity index (χ0n) is 15.4. The Kier molecular flexibility index (Phi) is 6.83. The molecule has 1 aromatic heterocycles. The fourth-order valence-corrected chi connectivity index (χ4v) is 3.60. The monoisotopic (exact) mass is 368 g/mol. The maximum absolute atomic E-state index is 5.38. The molecule has 0 amide bonds. The number of anilines is 2. The van der Waals surface area contributed by atoms with Crippen LogP contribution in [0.25, 0.3) is 0 Å². The lowest BCUT2D eigenvalue weighted by molar-refractivity contribution is 0.481. The van der Waals surface area contributed by atoms with Crippen LogP contribution in [0.15, 0.2) is 48.7 Å². The van der Waals surface area contributed by atoms with Gasteiger partial charge in [0.1, 0.15) is 5.82 Å². The number of aryl methyl sites for hydroxylation is 1. The number of hydrogen-bond acceptors (Lipinski definition) is 3. The third-order valence-corrected chi connectivity index (χ3v) is 5.12. The summed E-state index contributed by atoms with van der Waals surface area (Å²) in [5, 5.41) is 7.14. The van der Waals surface area contributed by atoms with Gasteiger partial charge in [-0.15, -0.1) is 0 Å². The number of benzene rings is 1. The van der Waals surface area contributed by atoms with E-state index in [0.29, 0.717) is 11.2 Å². The molecule has 3 rings (SSSR count). The molecule has 1 saturated heterocycles. The van der Waals surface area contributed by atoms with Crippen LogP contribution < -0.4 is 15.5 Å². The fraction of sp³-hybridized carbons (Fsp3) is 0.429. The second-order valence-corrected chi connectivity index (χ2v) is 7.32. The number of pyridine rings is 1. The third kappa shape index (κ3) is 5.43. The van der Waals surface area contributed by atoms with Gasteiger partial charge in [-0.3, -0.25) is 0 Å². The van der Waals surface area contributed by atoms with Crippen molar-refractivity contribution in [1.82, 2.24) is 10.3 Å². The summed E-state index contributed by atoms with van der Waals surface area (Å²) in [5.74, 6) is 1.06. The van der Waals surface area contributed by atoms with Crippen molar-refractivity contribution in [3.63, 3.8) is 0 Å². The van der Waals surface area contributed by atoms with E-state index < -0.39 is 0 Å². The Morgan fingerprint density at radius 3 is 2.77 bits per heavy atom. The smallest absolute Gasteiger partial charge is 0.170 e. The summed E-state index contributed by atoms with van der Waals surface area (Å²) in [6.45, 7) is 4.24. The van der Waals surface area contributed by atoms with E-state index in [-0.39, 0.29) is 0 Å². The van der Waals surface area contributed by atoms with Gasteiger partial charge >= 0.3 is 0 Å². The molecule has 1 aliphatic heterocycles. The van der Waals surface area contributed by atoms with E-state index in [1.54, 1.807) is 0 Å². The molecule has 0 spiro atoms. The second-order valence-electron chi connectivity index (χ2n) is 6.91. The Hall–Kier alpha value is -2.14.